The van der Waals surface area contributed by atoms with Crippen LogP contribution in [-0.4, -0.2) is 17.3 Å². The van der Waals surface area contributed by atoms with Crippen molar-refractivity contribution < 1.29 is 24.5 Å². The molecule has 0 spiro atoms. The standard InChI is InChI=1S/C16H12O6/c1-21-10-4-2-8(3-5-10)16-15(20)14(19)13-11(18)6-9(17)7-12(13)22-16/h2-7,17-18,20H,1H3/p-1. The summed E-state index contributed by atoms with van der Waals surface area (Å²) in [6, 6.07) is 8.55. The predicted molar refractivity (Wildman–Crippen MR) is 77.2 cm³/mol. The molecular weight excluding hydrogens is 288 g/mol. The molecule has 0 aliphatic carbocycles. The van der Waals surface area contributed by atoms with Gasteiger partial charge in [-0.3, -0.25) is 4.79 Å². The van der Waals surface area contributed by atoms with Gasteiger partial charge < -0.3 is 24.5 Å². The number of aromatic hydroxyl groups is 2. The van der Waals surface area contributed by atoms with Gasteiger partial charge in [0.25, 0.3) is 0 Å². The smallest absolute Gasteiger partial charge is 0.189 e. The lowest BCUT2D eigenvalue weighted by atomic mass is 10.1. The van der Waals surface area contributed by atoms with Gasteiger partial charge in [0.05, 0.1) is 7.11 Å². The first kappa shape index (κ1) is 13.8. The molecule has 0 saturated carbocycles. The largest absolute Gasteiger partial charge is 0.867 e. The van der Waals surface area contributed by atoms with Crippen molar-refractivity contribution in [3.05, 3.63) is 46.6 Å². The highest BCUT2D eigenvalue weighted by Gasteiger charge is 2.14. The van der Waals surface area contributed by atoms with Crippen molar-refractivity contribution in [3.63, 3.8) is 0 Å². The fourth-order valence-electron chi connectivity index (χ4n) is 2.20. The molecule has 2 N–H and O–H groups in total. The first-order valence-electron chi connectivity index (χ1n) is 6.35. The topological polar surface area (TPSA) is 103 Å². The van der Waals surface area contributed by atoms with Gasteiger partial charge in [-0.05, 0) is 30.0 Å². The van der Waals surface area contributed by atoms with E-state index in [2.05, 4.69) is 0 Å². The molecular formula is C16H11O6-. The minimum absolute atomic E-state index is 0.0621. The molecule has 112 valence electrons. The summed E-state index contributed by atoms with van der Waals surface area (Å²) >= 11 is 0. The van der Waals surface area contributed by atoms with Gasteiger partial charge in [0.2, 0.25) is 0 Å². The van der Waals surface area contributed by atoms with Crippen molar-refractivity contribution in [3.8, 4) is 34.3 Å². The van der Waals surface area contributed by atoms with Crippen LogP contribution in [0.2, 0.25) is 0 Å². The van der Waals surface area contributed by atoms with Crippen molar-refractivity contribution in [2.45, 2.75) is 0 Å². The van der Waals surface area contributed by atoms with E-state index in [9.17, 15) is 20.1 Å². The third kappa shape index (κ3) is 2.10. The highest BCUT2D eigenvalue weighted by atomic mass is 16.5. The van der Waals surface area contributed by atoms with Crippen molar-refractivity contribution in [1.82, 2.24) is 0 Å². The maximum Gasteiger partial charge on any atom is 0.189 e. The average Bonchev–Trinajstić information content (AvgIpc) is 2.50. The Hall–Kier alpha value is -3.15. The molecule has 0 atom stereocenters. The summed E-state index contributed by atoms with van der Waals surface area (Å²) < 4.78 is 10.4. The van der Waals surface area contributed by atoms with Gasteiger partial charge >= 0.3 is 0 Å². The lowest BCUT2D eigenvalue weighted by Crippen LogP contribution is -2.11. The summed E-state index contributed by atoms with van der Waals surface area (Å²) in [5, 5.41) is 31.1. The van der Waals surface area contributed by atoms with E-state index in [1.54, 1.807) is 24.3 Å². The zero-order valence-corrected chi connectivity index (χ0v) is 11.5. The first-order valence-corrected chi connectivity index (χ1v) is 6.35. The van der Waals surface area contributed by atoms with Crippen LogP contribution in [0.3, 0.4) is 0 Å². The zero-order chi connectivity index (χ0) is 15.9. The molecule has 1 aromatic heterocycles. The van der Waals surface area contributed by atoms with Gasteiger partial charge in [0.1, 0.15) is 34.0 Å². The zero-order valence-electron chi connectivity index (χ0n) is 11.5. The summed E-state index contributed by atoms with van der Waals surface area (Å²) in [5.74, 6) is -1.20. The molecule has 6 heteroatoms. The van der Waals surface area contributed by atoms with E-state index in [0.29, 0.717) is 11.3 Å². The Morgan fingerprint density at radius 2 is 1.82 bits per heavy atom. The third-order valence-corrected chi connectivity index (χ3v) is 3.27. The summed E-state index contributed by atoms with van der Waals surface area (Å²) in [5.41, 5.74) is -0.551. The van der Waals surface area contributed by atoms with Crippen LogP contribution in [0.4, 0.5) is 0 Å². The molecule has 1 heterocycles. The molecule has 0 fully saturated rings. The first-order chi connectivity index (χ1) is 10.5. The van der Waals surface area contributed by atoms with E-state index in [1.807, 2.05) is 0 Å². The van der Waals surface area contributed by atoms with Gasteiger partial charge in [-0.1, -0.05) is 0 Å². The van der Waals surface area contributed by atoms with Gasteiger partial charge in [0.15, 0.2) is 5.43 Å². The third-order valence-electron chi connectivity index (χ3n) is 3.27. The summed E-state index contributed by atoms with van der Waals surface area (Å²) in [6.45, 7) is 0. The van der Waals surface area contributed by atoms with E-state index in [4.69, 9.17) is 9.15 Å². The van der Waals surface area contributed by atoms with Crippen molar-refractivity contribution in [1.29, 1.82) is 0 Å². The van der Waals surface area contributed by atoms with Gasteiger partial charge in [-0.2, -0.15) is 0 Å². The number of hydrogen-bond acceptors (Lipinski definition) is 6. The molecule has 3 rings (SSSR count). The van der Waals surface area contributed by atoms with Crippen LogP contribution in [-0.2, 0) is 0 Å². The second-order valence-corrected chi connectivity index (χ2v) is 4.66. The molecule has 0 aliphatic heterocycles. The molecule has 22 heavy (non-hydrogen) atoms. The van der Waals surface area contributed by atoms with E-state index >= 15 is 0 Å². The Morgan fingerprint density at radius 3 is 2.45 bits per heavy atom. The second-order valence-electron chi connectivity index (χ2n) is 4.66. The summed E-state index contributed by atoms with van der Waals surface area (Å²) in [7, 11) is 1.51. The Morgan fingerprint density at radius 1 is 1.14 bits per heavy atom. The highest BCUT2D eigenvalue weighted by Crippen LogP contribution is 2.34. The quantitative estimate of drug-likeness (QED) is 0.749. The number of phenols is 2. The van der Waals surface area contributed by atoms with Crippen LogP contribution in [0.25, 0.3) is 22.3 Å². The van der Waals surface area contributed by atoms with Gasteiger partial charge in [0, 0.05) is 17.7 Å². The normalized spacial score (nSPS) is 10.8. The Kier molecular flexibility index (Phi) is 3.14. The van der Waals surface area contributed by atoms with E-state index in [1.165, 1.54) is 13.2 Å². The van der Waals surface area contributed by atoms with E-state index in [0.717, 1.165) is 6.07 Å². The van der Waals surface area contributed by atoms with Crippen LogP contribution in [0.15, 0.2) is 45.6 Å². The number of hydrogen-bond donors (Lipinski definition) is 2. The Labute approximate surface area is 124 Å². The number of rotatable bonds is 2. The summed E-state index contributed by atoms with van der Waals surface area (Å²) in [6.07, 6.45) is 0. The minimum Gasteiger partial charge on any atom is -0.867 e. The maximum absolute atomic E-state index is 12.2. The minimum atomic E-state index is -0.885. The van der Waals surface area contributed by atoms with Crippen LogP contribution >= 0.6 is 0 Å². The van der Waals surface area contributed by atoms with Crippen molar-refractivity contribution in [2.24, 2.45) is 0 Å². The van der Waals surface area contributed by atoms with E-state index in [-0.39, 0.29) is 22.5 Å². The fourth-order valence-corrected chi connectivity index (χ4v) is 2.20. The summed E-state index contributed by atoms with van der Waals surface area (Å²) in [4.78, 5) is 12.1. The number of fused-ring (bicyclic) bond motifs is 1. The molecule has 0 bridgehead atoms. The number of phenolic OH excluding ortho intramolecular Hbond substituents is 2. The average molecular weight is 299 g/mol. The van der Waals surface area contributed by atoms with Crippen LogP contribution in [0.1, 0.15) is 0 Å². The van der Waals surface area contributed by atoms with Crippen LogP contribution in [0, 0.1) is 0 Å². The Bertz CT molecular complexity index is 909. The molecule has 2 aromatic carbocycles. The Balaban J connectivity index is 2.30. The SMILES string of the molecule is COc1ccc(-c2oc3cc(O)cc(O)c3c(=O)c2[O-])cc1. The number of ether oxygens (including phenoxy) is 1. The molecule has 0 unspecified atom stereocenters. The van der Waals surface area contributed by atoms with Gasteiger partial charge in [-0.15, -0.1) is 0 Å². The van der Waals surface area contributed by atoms with Crippen LogP contribution in [0.5, 0.6) is 23.0 Å². The monoisotopic (exact) mass is 299 g/mol. The molecule has 3 aromatic rings. The second kappa shape index (κ2) is 5.00. The number of methoxy groups -OCH3 is 1. The molecule has 0 saturated heterocycles. The van der Waals surface area contributed by atoms with E-state index < -0.39 is 16.9 Å². The fraction of sp³-hybridized carbons (Fsp3) is 0.0625. The molecule has 0 radical (unpaired) electrons. The van der Waals surface area contributed by atoms with Crippen LogP contribution < -0.4 is 15.3 Å². The van der Waals surface area contributed by atoms with Crippen molar-refractivity contribution >= 4 is 11.0 Å². The predicted octanol–water partition coefficient (Wildman–Crippen LogP) is 1.95. The lowest BCUT2D eigenvalue weighted by Gasteiger charge is -2.14. The molecule has 0 amide bonds. The maximum atomic E-state index is 12.2. The molecule has 0 aliphatic rings. The molecule has 6 nitrogen and oxygen atoms in total. The number of benzene rings is 2. The van der Waals surface area contributed by atoms with Crippen molar-refractivity contribution in [2.75, 3.05) is 7.11 Å². The lowest BCUT2D eigenvalue weighted by molar-refractivity contribution is -0.270. The highest BCUT2D eigenvalue weighted by molar-refractivity contribution is 5.87. The van der Waals surface area contributed by atoms with Gasteiger partial charge in [-0.25, -0.2) is 0 Å².